The van der Waals surface area contributed by atoms with Gasteiger partial charge in [-0.25, -0.2) is 0 Å². The van der Waals surface area contributed by atoms with E-state index in [1.165, 1.54) is 6.07 Å². The molecule has 1 aromatic rings. The molecular weight excluding hydrogens is 275 g/mol. The van der Waals surface area contributed by atoms with Crippen molar-refractivity contribution in [1.29, 1.82) is 0 Å². The lowest BCUT2D eigenvalue weighted by Gasteiger charge is -2.14. The third kappa shape index (κ3) is 2.94. The van der Waals surface area contributed by atoms with Crippen molar-refractivity contribution in [3.8, 4) is 0 Å². The number of benzene rings is 1. The molecule has 4 nitrogen and oxygen atoms in total. The van der Waals surface area contributed by atoms with Crippen LogP contribution in [0.2, 0.25) is 10.0 Å². The van der Waals surface area contributed by atoms with Gasteiger partial charge in [-0.3, -0.25) is 9.59 Å². The summed E-state index contributed by atoms with van der Waals surface area (Å²) in [6.07, 6.45) is 1.90. The molecule has 1 aliphatic heterocycles. The predicted octanol–water partition coefficient (Wildman–Crippen LogP) is 2.55. The Morgan fingerprint density at radius 3 is 2.39 bits per heavy atom. The van der Waals surface area contributed by atoms with Gasteiger partial charge in [-0.15, -0.1) is 0 Å². The molecule has 18 heavy (non-hydrogen) atoms. The second kappa shape index (κ2) is 5.59. The Morgan fingerprint density at radius 1 is 1.11 bits per heavy atom. The molecule has 0 bridgehead atoms. The highest BCUT2D eigenvalue weighted by Crippen LogP contribution is 2.25. The van der Waals surface area contributed by atoms with Crippen LogP contribution in [0.5, 0.6) is 0 Å². The van der Waals surface area contributed by atoms with Crippen LogP contribution in [-0.4, -0.2) is 29.8 Å². The van der Waals surface area contributed by atoms with E-state index in [2.05, 4.69) is 5.32 Å². The van der Waals surface area contributed by atoms with Gasteiger partial charge < -0.3 is 10.2 Å². The first-order valence-electron chi connectivity index (χ1n) is 5.63. The molecule has 0 atom stereocenters. The summed E-state index contributed by atoms with van der Waals surface area (Å²) in [4.78, 5) is 25.0. The first-order valence-corrected chi connectivity index (χ1v) is 6.39. The first-order chi connectivity index (χ1) is 8.58. The zero-order valence-electron chi connectivity index (χ0n) is 9.58. The quantitative estimate of drug-likeness (QED) is 0.807. The van der Waals surface area contributed by atoms with Gasteiger partial charge in [0.2, 0.25) is 0 Å². The summed E-state index contributed by atoms with van der Waals surface area (Å²) in [6, 6.07) is 4.68. The molecule has 0 aliphatic carbocycles. The maximum atomic E-state index is 11.8. The molecule has 0 saturated carbocycles. The first kappa shape index (κ1) is 13.2. The lowest BCUT2D eigenvalue weighted by atomic mass is 10.3. The average Bonchev–Trinajstić information content (AvgIpc) is 2.86. The topological polar surface area (TPSA) is 49.4 Å². The third-order valence-electron chi connectivity index (χ3n) is 2.76. The molecular formula is C12H12Cl2N2O2. The summed E-state index contributed by atoms with van der Waals surface area (Å²) < 4.78 is 0. The molecule has 1 saturated heterocycles. The second-order valence-electron chi connectivity index (χ2n) is 4.08. The Morgan fingerprint density at radius 2 is 1.78 bits per heavy atom. The molecule has 0 spiro atoms. The maximum Gasteiger partial charge on any atom is 0.313 e. The monoisotopic (exact) mass is 286 g/mol. The molecule has 0 unspecified atom stereocenters. The number of rotatable bonds is 1. The number of anilines is 1. The van der Waals surface area contributed by atoms with E-state index in [1.807, 2.05) is 0 Å². The van der Waals surface area contributed by atoms with Gasteiger partial charge in [0.25, 0.3) is 0 Å². The van der Waals surface area contributed by atoms with Crippen LogP contribution in [0, 0.1) is 0 Å². The van der Waals surface area contributed by atoms with Gasteiger partial charge in [-0.05, 0) is 31.0 Å². The van der Waals surface area contributed by atoms with Crippen molar-refractivity contribution in [1.82, 2.24) is 4.90 Å². The summed E-state index contributed by atoms with van der Waals surface area (Å²) in [5.41, 5.74) is 0.460. The van der Waals surface area contributed by atoms with Gasteiger partial charge >= 0.3 is 11.8 Å². The smallest absolute Gasteiger partial charge is 0.313 e. The highest BCUT2D eigenvalue weighted by molar-refractivity contribution is 6.42. The zero-order chi connectivity index (χ0) is 13.1. The van der Waals surface area contributed by atoms with Crippen LogP contribution in [-0.2, 0) is 9.59 Å². The minimum atomic E-state index is -0.643. The molecule has 0 radical (unpaired) electrons. The number of halogens is 2. The highest BCUT2D eigenvalue weighted by Gasteiger charge is 2.24. The van der Waals surface area contributed by atoms with Crippen LogP contribution in [0.15, 0.2) is 18.2 Å². The number of amides is 2. The number of carbonyl (C=O) groups excluding carboxylic acids is 2. The Bertz CT molecular complexity index is 485. The van der Waals surface area contributed by atoms with Gasteiger partial charge in [-0.2, -0.15) is 0 Å². The number of nitrogens with zero attached hydrogens (tertiary/aromatic N) is 1. The largest absolute Gasteiger partial charge is 0.334 e. The van der Waals surface area contributed by atoms with Crippen LogP contribution in [0.3, 0.4) is 0 Å². The molecule has 1 aliphatic rings. The van der Waals surface area contributed by atoms with Crippen molar-refractivity contribution < 1.29 is 9.59 Å². The zero-order valence-corrected chi connectivity index (χ0v) is 11.1. The Labute approximate surface area is 115 Å². The van der Waals surface area contributed by atoms with E-state index >= 15 is 0 Å². The van der Waals surface area contributed by atoms with Crippen molar-refractivity contribution in [3.63, 3.8) is 0 Å². The standard InChI is InChI=1S/C12H12Cl2N2O2/c13-9-4-3-8(7-10(9)14)15-11(17)12(18)16-5-1-2-6-16/h3-4,7H,1-2,5-6H2,(H,15,17). The number of hydrogen-bond acceptors (Lipinski definition) is 2. The molecule has 1 aromatic carbocycles. The van der Waals surface area contributed by atoms with Crippen molar-refractivity contribution >= 4 is 40.7 Å². The summed E-state index contributed by atoms with van der Waals surface area (Å²) >= 11 is 11.6. The Kier molecular flexibility index (Phi) is 4.09. The van der Waals surface area contributed by atoms with Crippen LogP contribution in [0.4, 0.5) is 5.69 Å². The molecule has 1 fully saturated rings. The fraction of sp³-hybridized carbons (Fsp3) is 0.333. The number of likely N-dealkylation sites (tertiary alicyclic amines) is 1. The van der Waals surface area contributed by atoms with E-state index in [1.54, 1.807) is 17.0 Å². The SMILES string of the molecule is O=C(Nc1ccc(Cl)c(Cl)c1)C(=O)N1CCCC1. The molecule has 2 rings (SSSR count). The molecule has 6 heteroatoms. The number of hydrogen-bond donors (Lipinski definition) is 1. The molecule has 2 amide bonds. The van der Waals surface area contributed by atoms with Crippen LogP contribution < -0.4 is 5.32 Å². The second-order valence-corrected chi connectivity index (χ2v) is 4.90. The minimum Gasteiger partial charge on any atom is -0.334 e. The van der Waals surface area contributed by atoms with Gasteiger partial charge in [0.15, 0.2) is 0 Å². The van der Waals surface area contributed by atoms with Crippen LogP contribution in [0.1, 0.15) is 12.8 Å². The normalized spacial score (nSPS) is 14.7. The third-order valence-corrected chi connectivity index (χ3v) is 3.50. The highest BCUT2D eigenvalue weighted by atomic mass is 35.5. The number of carbonyl (C=O) groups is 2. The summed E-state index contributed by atoms with van der Waals surface area (Å²) in [5, 5.41) is 3.25. The van der Waals surface area contributed by atoms with E-state index in [4.69, 9.17) is 23.2 Å². The average molecular weight is 287 g/mol. The van der Waals surface area contributed by atoms with Gasteiger partial charge in [-0.1, -0.05) is 23.2 Å². The van der Waals surface area contributed by atoms with E-state index < -0.39 is 11.8 Å². The fourth-order valence-electron chi connectivity index (χ4n) is 1.82. The van der Waals surface area contributed by atoms with Crippen molar-refractivity contribution in [3.05, 3.63) is 28.2 Å². The number of nitrogens with one attached hydrogen (secondary N) is 1. The minimum absolute atomic E-state index is 0.336. The van der Waals surface area contributed by atoms with Gasteiger partial charge in [0.1, 0.15) is 0 Å². The van der Waals surface area contributed by atoms with Gasteiger partial charge in [0.05, 0.1) is 10.0 Å². The van der Waals surface area contributed by atoms with E-state index in [-0.39, 0.29) is 0 Å². The van der Waals surface area contributed by atoms with Crippen molar-refractivity contribution in [2.75, 3.05) is 18.4 Å². The molecule has 1 heterocycles. The lowest BCUT2D eigenvalue weighted by molar-refractivity contribution is -0.142. The van der Waals surface area contributed by atoms with E-state index in [0.29, 0.717) is 28.8 Å². The van der Waals surface area contributed by atoms with Crippen LogP contribution in [0.25, 0.3) is 0 Å². The summed E-state index contributed by atoms with van der Waals surface area (Å²) in [6.45, 7) is 1.29. The fourth-order valence-corrected chi connectivity index (χ4v) is 2.12. The van der Waals surface area contributed by atoms with Gasteiger partial charge in [0, 0.05) is 18.8 Å². The maximum absolute atomic E-state index is 11.8. The van der Waals surface area contributed by atoms with E-state index in [0.717, 1.165) is 12.8 Å². The van der Waals surface area contributed by atoms with Crippen molar-refractivity contribution in [2.45, 2.75) is 12.8 Å². The van der Waals surface area contributed by atoms with Crippen LogP contribution >= 0.6 is 23.2 Å². The van der Waals surface area contributed by atoms with Crippen molar-refractivity contribution in [2.24, 2.45) is 0 Å². The summed E-state index contributed by atoms with van der Waals surface area (Å²) in [5.74, 6) is -1.14. The van der Waals surface area contributed by atoms with E-state index in [9.17, 15) is 9.59 Å². The molecule has 0 aromatic heterocycles. The predicted molar refractivity (Wildman–Crippen MR) is 70.9 cm³/mol. The molecule has 1 N–H and O–H groups in total. The molecule has 96 valence electrons. The Hall–Kier alpha value is -1.26. The summed E-state index contributed by atoms with van der Waals surface area (Å²) in [7, 11) is 0. The Balaban J connectivity index is 2.01. The lowest BCUT2D eigenvalue weighted by Crippen LogP contribution is -2.37.